The summed E-state index contributed by atoms with van der Waals surface area (Å²) >= 11 is 0. The fraction of sp³-hybridized carbons (Fsp3) is 0.667. The number of ether oxygens (including phenoxy) is 6. The molecule has 12 heteroatoms. The number of aliphatic hydroxyl groups excluding tert-OH is 5. The molecule has 0 radical (unpaired) electrons. The van der Waals surface area contributed by atoms with E-state index in [0.29, 0.717) is 0 Å². The highest BCUT2D eigenvalue weighted by Crippen LogP contribution is 2.31. The SMILES string of the molecule is COC(=O)c1ccc(O[C@@H]2O[C@H](CO)[C@@H](O)[C@@H](O)[C@H]2O[C@@H]2O[C@@H](C)[C@H](O)[C@@H](OC)[C@H]2O)cc1. The average Bonchev–Trinajstić information content (AvgIpc) is 2.82. The van der Waals surface area contributed by atoms with Crippen LogP contribution >= 0.6 is 0 Å². The first-order valence-electron chi connectivity index (χ1n) is 10.4. The summed E-state index contributed by atoms with van der Waals surface area (Å²) in [5.74, 6) is -0.312. The second-order valence-corrected chi connectivity index (χ2v) is 7.83. The van der Waals surface area contributed by atoms with Gasteiger partial charge in [0.2, 0.25) is 6.29 Å². The Balaban J connectivity index is 1.81. The highest BCUT2D eigenvalue weighted by molar-refractivity contribution is 5.89. The van der Waals surface area contributed by atoms with Gasteiger partial charge in [0.15, 0.2) is 12.4 Å². The van der Waals surface area contributed by atoms with E-state index in [2.05, 4.69) is 4.74 Å². The molecule has 186 valence electrons. The summed E-state index contributed by atoms with van der Waals surface area (Å²) in [6, 6.07) is 5.83. The van der Waals surface area contributed by atoms with Crippen LogP contribution in [0.25, 0.3) is 0 Å². The third-order valence-corrected chi connectivity index (χ3v) is 5.70. The molecule has 2 heterocycles. The van der Waals surface area contributed by atoms with E-state index in [-0.39, 0.29) is 11.3 Å². The van der Waals surface area contributed by atoms with E-state index in [1.165, 1.54) is 38.5 Å². The van der Waals surface area contributed by atoms with Crippen LogP contribution in [0.5, 0.6) is 5.75 Å². The summed E-state index contributed by atoms with van der Waals surface area (Å²) in [6.07, 6.45) is -12.7. The van der Waals surface area contributed by atoms with Gasteiger partial charge in [0.25, 0.3) is 0 Å². The second kappa shape index (κ2) is 11.0. The molecule has 1 aromatic carbocycles. The summed E-state index contributed by atoms with van der Waals surface area (Å²) < 4.78 is 32.4. The standard InChI is InChI=1S/C21H30O12/c1-9-13(23)17(28-2)16(26)20(30-9)33-18-15(25)14(24)12(8-22)32-21(18)31-11-6-4-10(5-7-11)19(27)29-3/h4-7,9,12-18,20-26H,8H2,1-3H3/t9-,12+,13-,14+,15+,16+,17+,18+,20-,21+/m0/s1. The number of hydrogen-bond donors (Lipinski definition) is 5. The number of carbonyl (C=O) groups is 1. The number of hydrogen-bond acceptors (Lipinski definition) is 12. The Morgan fingerprint density at radius 3 is 2.15 bits per heavy atom. The lowest BCUT2D eigenvalue weighted by molar-refractivity contribution is -0.355. The van der Waals surface area contributed by atoms with Crippen LogP contribution in [0.3, 0.4) is 0 Å². The van der Waals surface area contributed by atoms with E-state index >= 15 is 0 Å². The first-order chi connectivity index (χ1) is 15.7. The zero-order valence-electron chi connectivity index (χ0n) is 18.4. The van der Waals surface area contributed by atoms with E-state index < -0.39 is 74.0 Å². The van der Waals surface area contributed by atoms with Gasteiger partial charge in [-0.05, 0) is 31.2 Å². The molecule has 2 aliphatic rings. The zero-order chi connectivity index (χ0) is 24.3. The molecule has 33 heavy (non-hydrogen) atoms. The lowest BCUT2D eigenvalue weighted by atomic mass is 9.97. The number of methoxy groups -OCH3 is 2. The molecule has 0 amide bonds. The summed E-state index contributed by atoms with van der Waals surface area (Å²) in [6.45, 7) is 0.948. The monoisotopic (exact) mass is 474 g/mol. The van der Waals surface area contributed by atoms with Crippen LogP contribution < -0.4 is 4.74 Å². The molecule has 12 nitrogen and oxygen atoms in total. The van der Waals surface area contributed by atoms with Crippen LogP contribution in [0.15, 0.2) is 24.3 Å². The highest BCUT2D eigenvalue weighted by Gasteiger charge is 2.51. The first kappa shape index (κ1) is 25.7. The molecular weight excluding hydrogens is 444 g/mol. The summed E-state index contributed by atoms with van der Waals surface area (Å²) in [5, 5.41) is 51.2. The van der Waals surface area contributed by atoms with Gasteiger partial charge in [-0.2, -0.15) is 0 Å². The van der Waals surface area contributed by atoms with Crippen molar-refractivity contribution in [3.8, 4) is 5.75 Å². The normalized spacial score (nSPS) is 39.2. The fourth-order valence-electron chi connectivity index (χ4n) is 3.76. The van der Waals surface area contributed by atoms with Crippen molar-refractivity contribution in [1.82, 2.24) is 0 Å². The maximum atomic E-state index is 11.6. The molecular formula is C21H30O12. The molecule has 2 fully saturated rings. The van der Waals surface area contributed by atoms with Crippen molar-refractivity contribution in [2.45, 2.75) is 68.3 Å². The largest absolute Gasteiger partial charge is 0.465 e. The molecule has 2 saturated heterocycles. The summed E-state index contributed by atoms with van der Waals surface area (Å²) in [5.41, 5.74) is 0.280. The maximum Gasteiger partial charge on any atom is 0.337 e. The molecule has 0 unspecified atom stereocenters. The zero-order valence-corrected chi connectivity index (χ0v) is 18.4. The van der Waals surface area contributed by atoms with Crippen molar-refractivity contribution in [1.29, 1.82) is 0 Å². The molecule has 3 rings (SSSR count). The van der Waals surface area contributed by atoms with Crippen molar-refractivity contribution < 1.29 is 58.7 Å². The van der Waals surface area contributed by atoms with Gasteiger partial charge in [0.1, 0.15) is 42.4 Å². The van der Waals surface area contributed by atoms with E-state index in [9.17, 15) is 30.3 Å². The lowest BCUT2D eigenvalue weighted by Crippen LogP contribution is -2.64. The van der Waals surface area contributed by atoms with Gasteiger partial charge >= 0.3 is 5.97 Å². The Morgan fingerprint density at radius 2 is 1.58 bits per heavy atom. The van der Waals surface area contributed by atoms with Gasteiger partial charge in [-0.15, -0.1) is 0 Å². The Morgan fingerprint density at radius 1 is 0.909 bits per heavy atom. The van der Waals surface area contributed by atoms with Crippen molar-refractivity contribution >= 4 is 5.97 Å². The smallest absolute Gasteiger partial charge is 0.337 e. The third kappa shape index (κ3) is 5.45. The Bertz CT molecular complexity index is 773. The molecule has 1 aromatic rings. The number of esters is 1. The van der Waals surface area contributed by atoms with Crippen LogP contribution in [0.2, 0.25) is 0 Å². The molecule has 5 N–H and O–H groups in total. The molecule has 10 atom stereocenters. The van der Waals surface area contributed by atoms with E-state index in [0.717, 1.165) is 0 Å². The van der Waals surface area contributed by atoms with Gasteiger partial charge in [-0.3, -0.25) is 0 Å². The van der Waals surface area contributed by atoms with Crippen LogP contribution in [0, 0.1) is 0 Å². The number of carbonyl (C=O) groups excluding carboxylic acids is 1. The predicted octanol–water partition coefficient (Wildman–Crippen LogP) is -1.84. The van der Waals surface area contributed by atoms with E-state index in [4.69, 9.17) is 23.7 Å². The minimum absolute atomic E-state index is 0.227. The Kier molecular flexibility index (Phi) is 8.61. The molecule has 0 bridgehead atoms. The number of benzene rings is 1. The predicted molar refractivity (Wildman–Crippen MR) is 108 cm³/mol. The van der Waals surface area contributed by atoms with Gasteiger partial charge in [-0.1, -0.05) is 0 Å². The van der Waals surface area contributed by atoms with Crippen LogP contribution in [0.1, 0.15) is 17.3 Å². The van der Waals surface area contributed by atoms with Crippen molar-refractivity contribution in [2.24, 2.45) is 0 Å². The fourth-order valence-corrected chi connectivity index (χ4v) is 3.76. The topological polar surface area (TPSA) is 174 Å². The average molecular weight is 474 g/mol. The minimum Gasteiger partial charge on any atom is -0.465 e. The third-order valence-electron chi connectivity index (χ3n) is 5.70. The summed E-state index contributed by atoms with van der Waals surface area (Å²) in [7, 11) is 2.56. The molecule has 0 saturated carbocycles. The van der Waals surface area contributed by atoms with E-state index in [1.807, 2.05) is 0 Å². The molecule has 0 aliphatic carbocycles. The lowest BCUT2D eigenvalue weighted by Gasteiger charge is -2.46. The van der Waals surface area contributed by atoms with Gasteiger partial charge in [0.05, 0.1) is 25.4 Å². The quantitative estimate of drug-likeness (QED) is 0.280. The molecule has 2 aliphatic heterocycles. The van der Waals surface area contributed by atoms with Crippen LogP contribution in [0.4, 0.5) is 0 Å². The number of aliphatic hydroxyl groups is 5. The highest BCUT2D eigenvalue weighted by atomic mass is 16.8. The second-order valence-electron chi connectivity index (χ2n) is 7.83. The van der Waals surface area contributed by atoms with Crippen molar-refractivity contribution in [3.63, 3.8) is 0 Å². The van der Waals surface area contributed by atoms with Gasteiger partial charge in [-0.25, -0.2) is 4.79 Å². The van der Waals surface area contributed by atoms with E-state index in [1.54, 1.807) is 6.92 Å². The van der Waals surface area contributed by atoms with Gasteiger partial charge in [0, 0.05) is 7.11 Å². The van der Waals surface area contributed by atoms with Crippen molar-refractivity contribution in [3.05, 3.63) is 29.8 Å². The Hall–Kier alpha value is -1.87. The molecule has 0 spiro atoms. The van der Waals surface area contributed by atoms with Crippen LogP contribution in [-0.2, 0) is 23.7 Å². The number of rotatable bonds is 7. The molecule has 0 aromatic heterocycles. The minimum atomic E-state index is -1.59. The van der Waals surface area contributed by atoms with Gasteiger partial charge < -0.3 is 54.0 Å². The first-order valence-corrected chi connectivity index (χ1v) is 10.4. The maximum absolute atomic E-state index is 11.6. The Labute approximate surface area is 190 Å². The summed E-state index contributed by atoms with van der Waals surface area (Å²) in [4.78, 5) is 11.6. The van der Waals surface area contributed by atoms with Crippen LogP contribution in [-0.4, -0.2) is 114 Å². The van der Waals surface area contributed by atoms with Crippen molar-refractivity contribution in [2.75, 3.05) is 20.8 Å².